The average molecular weight is 433 g/mol. The van der Waals surface area contributed by atoms with E-state index < -0.39 is 6.10 Å². The third-order valence-electron chi connectivity index (χ3n) is 5.59. The minimum atomic E-state index is -0.717. The number of esters is 1. The molecule has 0 bridgehead atoms. The molecule has 1 aromatic carbocycles. The van der Waals surface area contributed by atoms with Crippen LogP contribution in [0.5, 0.6) is 5.75 Å². The van der Waals surface area contributed by atoms with E-state index >= 15 is 0 Å². The minimum absolute atomic E-state index is 0.0487. The molecule has 0 saturated carbocycles. The zero-order valence-electron chi connectivity index (χ0n) is 19.6. The number of hydrogen-bond donors (Lipinski definition) is 0. The molecule has 0 aliphatic carbocycles. The predicted molar refractivity (Wildman–Crippen MR) is 119 cm³/mol. The van der Waals surface area contributed by atoms with Crippen molar-refractivity contribution < 1.29 is 23.9 Å². The fourth-order valence-corrected chi connectivity index (χ4v) is 3.81. The first-order valence-corrected chi connectivity index (χ1v) is 11.1. The van der Waals surface area contributed by atoms with Crippen molar-refractivity contribution in [2.24, 2.45) is 5.92 Å². The Morgan fingerprint density at radius 1 is 1.23 bits per heavy atom. The Morgan fingerprint density at radius 3 is 2.58 bits per heavy atom. The summed E-state index contributed by atoms with van der Waals surface area (Å²) in [5.74, 6) is -0.0196. The number of likely N-dealkylation sites (N-methyl/N-ethyl adjacent to an activating group) is 1. The quantitative estimate of drug-likeness (QED) is 0.590. The van der Waals surface area contributed by atoms with Gasteiger partial charge in [-0.2, -0.15) is 0 Å². The summed E-state index contributed by atoms with van der Waals surface area (Å²) in [6, 6.07) is 5.99. The van der Waals surface area contributed by atoms with E-state index in [9.17, 15) is 14.4 Å². The largest absolute Gasteiger partial charge is 0.481 e. The van der Waals surface area contributed by atoms with Gasteiger partial charge in [-0.1, -0.05) is 26.0 Å². The second-order valence-electron chi connectivity index (χ2n) is 8.58. The number of hydrogen-bond acceptors (Lipinski definition) is 5. The number of aryl methyl sites for hydroxylation is 1. The highest BCUT2D eigenvalue weighted by atomic mass is 16.5. The summed E-state index contributed by atoms with van der Waals surface area (Å²) < 4.78 is 11.1. The van der Waals surface area contributed by atoms with Gasteiger partial charge in [0.05, 0.1) is 19.1 Å². The molecule has 1 saturated heterocycles. The Kier molecular flexibility index (Phi) is 8.89. The van der Waals surface area contributed by atoms with E-state index in [2.05, 4.69) is 13.8 Å². The Bertz CT molecular complexity index is 792. The fourth-order valence-electron chi connectivity index (χ4n) is 3.81. The summed E-state index contributed by atoms with van der Waals surface area (Å²) in [5, 5.41) is 0. The van der Waals surface area contributed by atoms with E-state index in [4.69, 9.17) is 9.47 Å². The molecule has 7 nitrogen and oxygen atoms in total. The first-order chi connectivity index (χ1) is 14.6. The molecule has 1 aliphatic rings. The number of likely N-dealkylation sites (tertiary alicyclic amines) is 1. The smallest absolute Gasteiger partial charge is 0.310 e. The van der Waals surface area contributed by atoms with E-state index in [0.29, 0.717) is 25.4 Å². The van der Waals surface area contributed by atoms with Crippen LogP contribution in [0.25, 0.3) is 0 Å². The van der Waals surface area contributed by atoms with Crippen molar-refractivity contribution in [2.45, 2.75) is 59.5 Å². The van der Waals surface area contributed by atoms with Crippen LogP contribution in [0.15, 0.2) is 18.2 Å². The lowest BCUT2D eigenvalue weighted by Crippen LogP contribution is -2.48. The fraction of sp³-hybridized carbons (Fsp3) is 0.625. The molecular formula is C24H36N2O5. The summed E-state index contributed by atoms with van der Waals surface area (Å²) >= 11 is 0. The molecule has 0 N–H and O–H groups in total. The van der Waals surface area contributed by atoms with E-state index in [0.717, 1.165) is 24.0 Å². The van der Waals surface area contributed by atoms with Crippen LogP contribution in [0, 0.1) is 12.8 Å². The van der Waals surface area contributed by atoms with Gasteiger partial charge >= 0.3 is 5.97 Å². The van der Waals surface area contributed by atoms with Crippen LogP contribution < -0.4 is 4.74 Å². The van der Waals surface area contributed by atoms with Crippen LogP contribution in [0.2, 0.25) is 0 Å². The Morgan fingerprint density at radius 2 is 1.94 bits per heavy atom. The highest BCUT2D eigenvalue weighted by Crippen LogP contribution is 2.28. The molecule has 2 unspecified atom stereocenters. The van der Waals surface area contributed by atoms with Crippen molar-refractivity contribution in [3.05, 3.63) is 29.3 Å². The van der Waals surface area contributed by atoms with Gasteiger partial charge in [0, 0.05) is 20.1 Å². The molecule has 2 atom stereocenters. The molecule has 0 aromatic heterocycles. The highest BCUT2D eigenvalue weighted by Gasteiger charge is 2.31. The predicted octanol–water partition coefficient (Wildman–Crippen LogP) is 3.15. The molecule has 1 aliphatic heterocycles. The Balaban J connectivity index is 1.96. The van der Waals surface area contributed by atoms with Gasteiger partial charge in [-0.25, -0.2) is 0 Å². The van der Waals surface area contributed by atoms with Crippen molar-refractivity contribution >= 4 is 17.8 Å². The molecule has 2 amide bonds. The molecule has 1 aromatic rings. The van der Waals surface area contributed by atoms with Gasteiger partial charge in [0.1, 0.15) is 5.75 Å². The summed E-state index contributed by atoms with van der Waals surface area (Å²) in [6.07, 6.45) is 0.750. The van der Waals surface area contributed by atoms with E-state index in [1.54, 1.807) is 25.8 Å². The first kappa shape index (κ1) is 24.7. The lowest BCUT2D eigenvalue weighted by Gasteiger charge is -2.33. The second-order valence-corrected chi connectivity index (χ2v) is 8.58. The molecule has 31 heavy (non-hydrogen) atoms. The van der Waals surface area contributed by atoms with Crippen LogP contribution in [0.1, 0.15) is 57.6 Å². The van der Waals surface area contributed by atoms with Crippen LogP contribution >= 0.6 is 0 Å². The van der Waals surface area contributed by atoms with Gasteiger partial charge in [0.25, 0.3) is 5.91 Å². The Hall–Kier alpha value is -2.57. The Labute approximate surface area is 185 Å². The number of ether oxygens (including phenoxy) is 2. The van der Waals surface area contributed by atoms with Gasteiger partial charge in [-0.05, 0) is 56.7 Å². The van der Waals surface area contributed by atoms with Gasteiger partial charge < -0.3 is 19.3 Å². The summed E-state index contributed by atoms with van der Waals surface area (Å²) in [7, 11) is 1.60. The maximum atomic E-state index is 12.8. The number of piperidine rings is 1. The van der Waals surface area contributed by atoms with Crippen molar-refractivity contribution in [1.82, 2.24) is 9.80 Å². The number of benzene rings is 1. The lowest BCUT2D eigenvalue weighted by atomic mass is 9.98. The average Bonchev–Trinajstić information content (AvgIpc) is 2.73. The van der Waals surface area contributed by atoms with Crippen molar-refractivity contribution in [3.8, 4) is 5.75 Å². The number of rotatable bonds is 8. The van der Waals surface area contributed by atoms with Crippen LogP contribution in [0.4, 0.5) is 0 Å². The topological polar surface area (TPSA) is 76.2 Å². The van der Waals surface area contributed by atoms with Gasteiger partial charge in [0.15, 0.2) is 6.10 Å². The molecule has 1 fully saturated rings. The number of carbonyl (C=O) groups is 3. The molecule has 0 spiro atoms. The molecular weight excluding hydrogens is 396 g/mol. The third-order valence-corrected chi connectivity index (χ3v) is 5.59. The summed E-state index contributed by atoms with van der Waals surface area (Å²) in [6.45, 7) is 10.8. The van der Waals surface area contributed by atoms with E-state index in [1.165, 1.54) is 4.90 Å². The molecule has 1 heterocycles. The van der Waals surface area contributed by atoms with Crippen molar-refractivity contribution in [2.75, 3.05) is 33.3 Å². The molecule has 172 valence electrons. The van der Waals surface area contributed by atoms with Crippen LogP contribution in [-0.2, 0) is 19.1 Å². The van der Waals surface area contributed by atoms with E-state index in [1.807, 2.05) is 25.1 Å². The summed E-state index contributed by atoms with van der Waals surface area (Å²) in [4.78, 5) is 40.7. The van der Waals surface area contributed by atoms with Crippen molar-refractivity contribution in [1.29, 1.82) is 0 Å². The zero-order chi connectivity index (χ0) is 23.1. The second kappa shape index (κ2) is 11.2. The molecule has 0 radical (unpaired) electrons. The molecule has 7 heteroatoms. The van der Waals surface area contributed by atoms with Crippen molar-refractivity contribution in [3.63, 3.8) is 0 Å². The minimum Gasteiger partial charge on any atom is -0.481 e. The number of nitrogens with zero attached hydrogens (tertiary/aromatic N) is 2. The highest BCUT2D eigenvalue weighted by molar-refractivity contribution is 5.87. The number of carbonyl (C=O) groups excluding carboxylic acids is 3. The van der Waals surface area contributed by atoms with Gasteiger partial charge in [0.2, 0.25) is 5.91 Å². The first-order valence-electron chi connectivity index (χ1n) is 11.1. The van der Waals surface area contributed by atoms with Crippen LogP contribution in [-0.4, -0.2) is 67.0 Å². The van der Waals surface area contributed by atoms with Crippen LogP contribution in [0.3, 0.4) is 0 Å². The maximum absolute atomic E-state index is 12.8. The standard InChI is InChI=1S/C24H36N2O5/c1-7-30-24(29)19-9-8-12-26(14-19)22(27)15-25(6)23(28)18(5)31-21-13-17(4)10-11-20(21)16(2)3/h10-11,13,16,18-19H,7-9,12,14-15H2,1-6H3. The zero-order valence-corrected chi connectivity index (χ0v) is 19.6. The lowest BCUT2D eigenvalue weighted by molar-refractivity contribution is -0.152. The monoisotopic (exact) mass is 432 g/mol. The van der Waals surface area contributed by atoms with E-state index in [-0.39, 0.29) is 36.2 Å². The van der Waals surface area contributed by atoms with Gasteiger partial charge in [-0.15, -0.1) is 0 Å². The third kappa shape index (κ3) is 6.71. The SMILES string of the molecule is CCOC(=O)C1CCCN(C(=O)CN(C)C(=O)C(C)Oc2cc(C)ccc2C(C)C)C1. The maximum Gasteiger partial charge on any atom is 0.310 e. The molecule has 2 rings (SSSR count). The summed E-state index contributed by atoms with van der Waals surface area (Å²) in [5.41, 5.74) is 2.10. The van der Waals surface area contributed by atoms with Gasteiger partial charge in [-0.3, -0.25) is 14.4 Å². The number of amides is 2. The normalized spacial score (nSPS) is 17.3.